The highest BCUT2D eigenvalue weighted by molar-refractivity contribution is 7.90. The smallest absolute Gasteiger partial charge is 0.175 e. The molecular weight excluding hydrogens is 544 g/mol. The van der Waals surface area contributed by atoms with E-state index in [1.165, 1.54) is 54.1 Å². The Balaban J connectivity index is 0.000000821. The highest BCUT2D eigenvalue weighted by atomic mass is 32.2. The number of aliphatic hydroxyl groups is 1. The summed E-state index contributed by atoms with van der Waals surface area (Å²) in [6.07, 6.45) is 23.7. The Labute approximate surface area is 254 Å². The van der Waals surface area contributed by atoms with Gasteiger partial charge >= 0.3 is 0 Å². The lowest BCUT2D eigenvalue weighted by molar-refractivity contribution is -0.108. The zero-order valence-electron chi connectivity index (χ0n) is 26.7. The third kappa shape index (κ3) is 15.1. The van der Waals surface area contributed by atoms with Crippen LogP contribution in [0.4, 0.5) is 0 Å². The number of carbonyl (C=O) groups is 1. The van der Waals surface area contributed by atoms with Gasteiger partial charge in [-0.15, -0.1) is 13.2 Å². The first kappa shape index (κ1) is 38.7. The number of allylic oxidation sites excluding steroid dienone is 10. The van der Waals surface area contributed by atoms with Crippen molar-refractivity contribution in [3.63, 3.8) is 0 Å². The van der Waals surface area contributed by atoms with E-state index in [1.54, 1.807) is 18.2 Å². The molecule has 0 saturated carbocycles. The fourth-order valence-corrected chi connectivity index (χ4v) is 4.87. The van der Waals surface area contributed by atoms with Crippen molar-refractivity contribution in [1.82, 2.24) is 9.97 Å². The molecule has 6 nitrogen and oxygen atoms in total. The van der Waals surface area contributed by atoms with E-state index in [-0.39, 0.29) is 0 Å². The Kier molecular flexibility index (Phi) is 19.7. The predicted molar refractivity (Wildman–Crippen MR) is 179 cm³/mol. The maximum atomic E-state index is 11.2. The summed E-state index contributed by atoms with van der Waals surface area (Å²) in [6, 6.07) is 4.82. The van der Waals surface area contributed by atoms with E-state index in [0.717, 1.165) is 37.3 Å². The molecule has 7 heteroatoms. The first-order valence-electron chi connectivity index (χ1n) is 14.4. The minimum absolute atomic E-state index is 0.309. The second-order valence-corrected chi connectivity index (χ2v) is 12.6. The molecule has 232 valence electrons. The van der Waals surface area contributed by atoms with Gasteiger partial charge in [-0.3, -0.25) is 0 Å². The van der Waals surface area contributed by atoms with Crippen LogP contribution in [-0.2, 0) is 14.6 Å². The molecule has 2 N–H and O–H groups in total. The second-order valence-electron chi connectivity index (χ2n) is 10.6. The molecular formula is C35H52N2O4S. The van der Waals surface area contributed by atoms with Gasteiger partial charge < -0.3 is 14.9 Å². The fourth-order valence-electron chi connectivity index (χ4n) is 4.22. The van der Waals surface area contributed by atoms with E-state index in [1.807, 2.05) is 0 Å². The van der Waals surface area contributed by atoms with Crippen LogP contribution in [-0.4, -0.2) is 43.1 Å². The van der Waals surface area contributed by atoms with Crippen LogP contribution in [0, 0.1) is 11.8 Å². The molecule has 0 bridgehead atoms. The molecule has 1 aliphatic carbocycles. The number of sulfone groups is 1. The summed E-state index contributed by atoms with van der Waals surface area (Å²) in [5.74, 6) is 1.33. The van der Waals surface area contributed by atoms with Crippen molar-refractivity contribution in [2.24, 2.45) is 11.8 Å². The molecule has 0 radical (unpaired) electrons. The number of carbonyl (C=O) groups excluding carboxylic acids is 1. The van der Waals surface area contributed by atoms with Gasteiger partial charge in [0.2, 0.25) is 0 Å². The number of nitrogens with one attached hydrogen (secondary N) is 1. The number of H-pyrrole nitrogens is 1. The lowest BCUT2D eigenvalue weighted by Crippen LogP contribution is -2.03. The number of imidazole rings is 1. The molecule has 42 heavy (non-hydrogen) atoms. The van der Waals surface area contributed by atoms with E-state index < -0.39 is 9.84 Å². The molecule has 0 fully saturated rings. The van der Waals surface area contributed by atoms with Crippen LogP contribution < -0.4 is 0 Å². The SMILES string of the molecule is C=C.CC(C)=C/C=C(\C)C1=CC=C(C(C)CCC(C)CCCC=O)CC=C1.CO.CS(=O)(=O)c1ccc2nc[nH]c2c1. The molecule has 0 saturated heterocycles. The molecule has 1 aromatic carbocycles. The number of fused-ring (bicyclic) bond motifs is 1. The van der Waals surface area contributed by atoms with Crippen molar-refractivity contribution in [3.05, 3.63) is 96.4 Å². The molecule has 2 atom stereocenters. The Hall–Kier alpha value is -3.29. The van der Waals surface area contributed by atoms with Gasteiger partial charge in [-0.1, -0.05) is 74.3 Å². The van der Waals surface area contributed by atoms with Crippen molar-refractivity contribution in [1.29, 1.82) is 0 Å². The van der Waals surface area contributed by atoms with Crippen molar-refractivity contribution >= 4 is 27.2 Å². The Morgan fingerprint density at radius 1 is 1.07 bits per heavy atom. The summed E-state index contributed by atoms with van der Waals surface area (Å²) in [4.78, 5) is 17.6. The standard InChI is InChI=1S/C24H36O.C8H8N2O2S.C2H4.CH4O/c1-19(2)12-14-21(4)23-10-8-11-24(17-16-23)22(5)15-13-20(3)9-6-7-18-25;1-13(11,12)6-2-3-7-8(4-6)10-5-9-7;2*1-2/h8,10,12,14,16-18,20,22H,6-7,9,11,13,15H2,1-5H3;2-5H,1H3,(H,9,10);1-2H2;2H,1H3/b21-14+;;;. The maximum Gasteiger partial charge on any atom is 0.175 e. The largest absolute Gasteiger partial charge is 0.400 e. The quantitative estimate of drug-likeness (QED) is 0.117. The summed E-state index contributed by atoms with van der Waals surface area (Å²) >= 11 is 0. The summed E-state index contributed by atoms with van der Waals surface area (Å²) < 4.78 is 22.3. The number of benzene rings is 1. The van der Waals surface area contributed by atoms with E-state index in [4.69, 9.17) is 5.11 Å². The van der Waals surface area contributed by atoms with Crippen LogP contribution in [0.5, 0.6) is 0 Å². The average molecular weight is 597 g/mol. The number of aldehydes is 1. The van der Waals surface area contributed by atoms with E-state index in [9.17, 15) is 13.2 Å². The summed E-state index contributed by atoms with van der Waals surface area (Å²) in [5, 5.41) is 7.00. The Bertz CT molecular complexity index is 1340. The Morgan fingerprint density at radius 2 is 1.76 bits per heavy atom. The number of hydrogen-bond acceptors (Lipinski definition) is 5. The molecule has 3 rings (SSSR count). The molecule has 0 amide bonds. The van der Waals surface area contributed by atoms with Crippen LogP contribution in [0.1, 0.15) is 73.1 Å². The minimum atomic E-state index is -3.12. The lowest BCUT2D eigenvalue weighted by Gasteiger charge is -2.17. The first-order chi connectivity index (χ1) is 20.0. The van der Waals surface area contributed by atoms with Gasteiger partial charge in [0.05, 0.1) is 22.3 Å². The average Bonchev–Trinajstić information content (AvgIpc) is 3.31. The number of nitrogens with zero attached hydrogens (tertiary/aromatic N) is 1. The second kappa shape index (κ2) is 21.4. The van der Waals surface area contributed by atoms with E-state index in [2.05, 4.69) is 94.2 Å². The third-order valence-corrected chi connectivity index (χ3v) is 7.92. The van der Waals surface area contributed by atoms with Gasteiger partial charge in [-0.05, 0) is 81.2 Å². The molecule has 1 aliphatic rings. The fraction of sp³-hybridized carbons (Fsp3) is 0.429. The zero-order valence-corrected chi connectivity index (χ0v) is 27.5. The van der Waals surface area contributed by atoms with Gasteiger partial charge in [-0.25, -0.2) is 13.4 Å². The molecule has 1 heterocycles. The number of unbranched alkanes of at least 4 members (excludes halogenated alkanes) is 1. The van der Waals surface area contributed by atoms with E-state index >= 15 is 0 Å². The normalized spacial score (nSPS) is 14.2. The van der Waals surface area contributed by atoms with Crippen molar-refractivity contribution in [3.8, 4) is 0 Å². The van der Waals surface area contributed by atoms with Crippen molar-refractivity contribution in [2.75, 3.05) is 13.4 Å². The van der Waals surface area contributed by atoms with E-state index in [0.29, 0.717) is 23.2 Å². The number of rotatable bonds is 11. The van der Waals surface area contributed by atoms with Gasteiger partial charge in [0.15, 0.2) is 9.84 Å². The number of aliphatic hydroxyl groups excluding tert-OH is 1. The summed E-state index contributed by atoms with van der Waals surface area (Å²) in [6.45, 7) is 17.1. The lowest BCUT2D eigenvalue weighted by atomic mass is 9.89. The molecule has 0 aliphatic heterocycles. The summed E-state index contributed by atoms with van der Waals surface area (Å²) in [5.41, 5.74) is 6.98. The van der Waals surface area contributed by atoms with Gasteiger partial charge in [-0.2, -0.15) is 0 Å². The van der Waals surface area contributed by atoms with Crippen LogP contribution in [0.15, 0.2) is 101 Å². The van der Waals surface area contributed by atoms with Crippen molar-refractivity contribution < 1.29 is 18.3 Å². The van der Waals surface area contributed by atoms with Crippen LogP contribution in [0.2, 0.25) is 0 Å². The van der Waals surface area contributed by atoms with Crippen LogP contribution in [0.25, 0.3) is 11.0 Å². The highest BCUT2D eigenvalue weighted by Crippen LogP contribution is 2.27. The minimum Gasteiger partial charge on any atom is -0.400 e. The molecule has 0 spiro atoms. The number of aromatic nitrogens is 2. The predicted octanol–water partition coefficient (Wildman–Crippen LogP) is 8.51. The van der Waals surface area contributed by atoms with Crippen LogP contribution in [0.3, 0.4) is 0 Å². The zero-order chi connectivity index (χ0) is 32.1. The summed E-state index contributed by atoms with van der Waals surface area (Å²) in [7, 11) is -2.12. The molecule has 1 aromatic heterocycles. The molecule has 2 aromatic rings. The maximum absolute atomic E-state index is 11.2. The highest BCUT2D eigenvalue weighted by Gasteiger charge is 2.12. The van der Waals surface area contributed by atoms with Gasteiger partial charge in [0.25, 0.3) is 0 Å². The monoisotopic (exact) mass is 596 g/mol. The number of aromatic amines is 1. The molecule has 2 unspecified atom stereocenters. The van der Waals surface area contributed by atoms with Gasteiger partial charge in [0, 0.05) is 19.8 Å². The number of hydrogen-bond donors (Lipinski definition) is 2. The van der Waals surface area contributed by atoms with Gasteiger partial charge in [0.1, 0.15) is 6.29 Å². The van der Waals surface area contributed by atoms with Crippen LogP contribution >= 0.6 is 0 Å². The Morgan fingerprint density at radius 3 is 2.38 bits per heavy atom. The first-order valence-corrected chi connectivity index (χ1v) is 16.3. The third-order valence-electron chi connectivity index (χ3n) is 6.81. The topological polar surface area (TPSA) is 100 Å². The van der Waals surface area contributed by atoms with Crippen molar-refractivity contribution in [2.45, 2.75) is 78.0 Å².